The molecule has 1 atom stereocenters. The Morgan fingerprint density at radius 1 is 1.17 bits per heavy atom. The number of rotatable bonds is 5. The number of hydrogen-bond donors (Lipinski definition) is 1. The van der Waals surface area contributed by atoms with Crippen molar-refractivity contribution in [1.82, 2.24) is 0 Å². The predicted molar refractivity (Wildman–Crippen MR) is 98.4 cm³/mol. The van der Waals surface area contributed by atoms with E-state index in [2.05, 4.69) is 35.1 Å². The zero-order chi connectivity index (χ0) is 17.0. The van der Waals surface area contributed by atoms with Gasteiger partial charge in [-0.05, 0) is 58.6 Å². The molecule has 0 aromatic heterocycles. The molecule has 0 aliphatic rings. The number of hydrogen-bond acceptors (Lipinski definition) is 2. The van der Waals surface area contributed by atoms with Crippen LogP contribution in [0, 0.1) is 0 Å². The van der Waals surface area contributed by atoms with Crippen LogP contribution in [0.25, 0.3) is 0 Å². The summed E-state index contributed by atoms with van der Waals surface area (Å²) in [5.74, 6) is 0.840. The molecule has 23 heavy (non-hydrogen) atoms. The highest BCUT2D eigenvalue weighted by molar-refractivity contribution is 9.10. The van der Waals surface area contributed by atoms with Crippen LogP contribution in [0.15, 0.2) is 46.9 Å². The highest BCUT2D eigenvalue weighted by Crippen LogP contribution is 2.28. The van der Waals surface area contributed by atoms with Crippen molar-refractivity contribution >= 4 is 39.1 Å². The van der Waals surface area contributed by atoms with E-state index in [1.165, 1.54) is 0 Å². The molecule has 5 heteroatoms. The molecule has 1 N–H and O–H groups in total. The Balaban J connectivity index is 2.07. The minimum atomic E-state index is -0.614. The summed E-state index contributed by atoms with van der Waals surface area (Å²) in [6.07, 6.45) is -0.614. The van der Waals surface area contributed by atoms with E-state index in [-0.39, 0.29) is 5.91 Å². The summed E-state index contributed by atoms with van der Waals surface area (Å²) >= 11 is 9.35. The summed E-state index contributed by atoms with van der Waals surface area (Å²) in [6.45, 7) is 5.92. The molecule has 0 saturated carbocycles. The Hall–Kier alpha value is -1.52. The molecule has 122 valence electrons. The maximum atomic E-state index is 12.3. The second-order valence-corrected chi connectivity index (χ2v) is 6.83. The van der Waals surface area contributed by atoms with Crippen LogP contribution >= 0.6 is 27.5 Å². The highest BCUT2D eigenvalue weighted by Gasteiger charge is 2.17. The molecular weight excluding hydrogens is 378 g/mol. The van der Waals surface area contributed by atoms with E-state index in [1.807, 2.05) is 24.3 Å². The van der Waals surface area contributed by atoms with Gasteiger partial charge in [0.1, 0.15) is 5.75 Å². The average Bonchev–Trinajstić information content (AvgIpc) is 2.51. The molecule has 2 aromatic rings. The van der Waals surface area contributed by atoms with Gasteiger partial charge in [0.15, 0.2) is 6.10 Å². The Morgan fingerprint density at radius 3 is 2.52 bits per heavy atom. The smallest absolute Gasteiger partial charge is 0.265 e. The molecule has 3 nitrogen and oxygen atoms in total. The van der Waals surface area contributed by atoms with E-state index in [9.17, 15) is 4.79 Å². The Labute approximate surface area is 150 Å². The minimum absolute atomic E-state index is 0.220. The molecule has 2 aromatic carbocycles. The van der Waals surface area contributed by atoms with Crippen LogP contribution in [0.1, 0.15) is 32.3 Å². The topological polar surface area (TPSA) is 38.3 Å². The molecule has 0 aliphatic heterocycles. The van der Waals surface area contributed by atoms with Crippen LogP contribution in [0.2, 0.25) is 5.02 Å². The number of carbonyl (C=O) groups excluding carboxylic acids is 1. The van der Waals surface area contributed by atoms with Gasteiger partial charge in [0.05, 0.1) is 5.02 Å². The monoisotopic (exact) mass is 395 g/mol. The van der Waals surface area contributed by atoms with Gasteiger partial charge in [0, 0.05) is 10.2 Å². The first-order valence-corrected chi connectivity index (χ1v) is 8.57. The number of anilines is 1. The van der Waals surface area contributed by atoms with Crippen LogP contribution in [-0.2, 0) is 4.79 Å². The molecule has 0 heterocycles. The van der Waals surface area contributed by atoms with Crippen molar-refractivity contribution in [3.63, 3.8) is 0 Å². The molecule has 0 radical (unpaired) electrons. The first-order valence-electron chi connectivity index (χ1n) is 7.40. The average molecular weight is 397 g/mol. The minimum Gasteiger partial charge on any atom is -0.481 e. The molecule has 0 spiro atoms. The lowest BCUT2D eigenvalue weighted by Gasteiger charge is -2.18. The lowest BCUT2D eigenvalue weighted by Crippen LogP contribution is -2.30. The summed E-state index contributed by atoms with van der Waals surface area (Å²) in [6, 6.07) is 13.0. The summed E-state index contributed by atoms with van der Waals surface area (Å²) in [7, 11) is 0. The van der Waals surface area contributed by atoms with E-state index in [1.54, 1.807) is 25.1 Å². The van der Waals surface area contributed by atoms with Crippen molar-refractivity contribution in [1.29, 1.82) is 0 Å². The lowest BCUT2D eigenvalue weighted by atomic mass is 10.0. The van der Waals surface area contributed by atoms with Crippen LogP contribution in [0.4, 0.5) is 5.69 Å². The summed E-state index contributed by atoms with van der Waals surface area (Å²) < 4.78 is 6.63. The normalized spacial score (nSPS) is 12.1. The van der Waals surface area contributed by atoms with E-state index in [0.717, 1.165) is 15.8 Å². The molecule has 0 saturated heterocycles. The van der Waals surface area contributed by atoms with E-state index >= 15 is 0 Å². The third kappa shape index (κ3) is 4.72. The number of halogens is 2. The summed E-state index contributed by atoms with van der Waals surface area (Å²) in [5.41, 5.74) is 1.72. The third-order valence-corrected chi connectivity index (χ3v) is 4.63. The lowest BCUT2D eigenvalue weighted by molar-refractivity contribution is -0.122. The fourth-order valence-electron chi connectivity index (χ4n) is 2.13. The van der Waals surface area contributed by atoms with Crippen molar-refractivity contribution in [3.8, 4) is 5.75 Å². The molecule has 0 fully saturated rings. The molecular formula is C18H19BrClNO2. The van der Waals surface area contributed by atoms with Crippen molar-refractivity contribution in [2.45, 2.75) is 32.8 Å². The van der Waals surface area contributed by atoms with Gasteiger partial charge in [-0.1, -0.05) is 43.6 Å². The Kier molecular flexibility index (Phi) is 6.08. The number of carbonyl (C=O) groups is 1. The Bertz CT molecular complexity index is 703. The van der Waals surface area contributed by atoms with Gasteiger partial charge < -0.3 is 10.1 Å². The van der Waals surface area contributed by atoms with Gasteiger partial charge in [0.25, 0.3) is 5.91 Å². The van der Waals surface area contributed by atoms with Gasteiger partial charge >= 0.3 is 0 Å². The zero-order valence-corrected chi connectivity index (χ0v) is 15.6. The fourth-order valence-corrected chi connectivity index (χ4v) is 2.55. The van der Waals surface area contributed by atoms with Gasteiger partial charge in [-0.3, -0.25) is 4.79 Å². The van der Waals surface area contributed by atoms with Crippen molar-refractivity contribution in [3.05, 3.63) is 57.5 Å². The number of para-hydroxylation sites is 1. The Morgan fingerprint density at radius 2 is 1.87 bits per heavy atom. The second kappa shape index (κ2) is 7.84. The molecule has 1 unspecified atom stereocenters. The first-order chi connectivity index (χ1) is 10.9. The van der Waals surface area contributed by atoms with Crippen molar-refractivity contribution in [2.75, 3.05) is 5.32 Å². The zero-order valence-electron chi connectivity index (χ0n) is 13.3. The fraction of sp³-hybridized carbons (Fsp3) is 0.278. The standard InChI is InChI=1S/C18H19BrClNO2/c1-11(2)14-6-4-5-7-17(14)23-12(3)18(22)21-13-8-9-15(19)16(20)10-13/h4-12H,1-3H3,(H,21,22). The van der Waals surface area contributed by atoms with Gasteiger partial charge in [0.2, 0.25) is 0 Å². The van der Waals surface area contributed by atoms with Crippen LogP contribution in [0.3, 0.4) is 0 Å². The second-order valence-electron chi connectivity index (χ2n) is 5.57. The number of benzene rings is 2. The largest absolute Gasteiger partial charge is 0.481 e. The molecule has 0 aliphatic carbocycles. The molecule has 2 rings (SSSR count). The predicted octanol–water partition coefficient (Wildman–Crippen LogP) is 5.63. The van der Waals surface area contributed by atoms with Gasteiger partial charge in [-0.2, -0.15) is 0 Å². The highest BCUT2D eigenvalue weighted by atomic mass is 79.9. The number of nitrogens with one attached hydrogen (secondary N) is 1. The van der Waals surface area contributed by atoms with Crippen molar-refractivity contribution in [2.24, 2.45) is 0 Å². The maximum absolute atomic E-state index is 12.3. The number of amides is 1. The van der Waals surface area contributed by atoms with Gasteiger partial charge in [-0.25, -0.2) is 0 Å². The maximum Gasteiger partial charge on any atom is 0.265 e. The first kappa shape index (κ1) is 17.8. The SMILES string of the molecule is CC(Oc1ccccc1C(C)C)C(=O)Nc1ccc(Br)c(Cl)c1. The van der Waals surface area contributed by atoms with E-state index in [0.29, 0.717) is 16.6 Å². The summed E-state index contributed by atoms with van der Waals surface area (Å²) in [4.78, 5) is 12.3. The molecule has 0 bridgehead atoms. The third-order valence-electron chi connectivity index (χ3n) is 3.40. The molecule has 1 amide bonds. The van der Waals surface area contributed by atoms with Crippen LogP contribution in [0.5, 0.6) is 5.75 Å². The van der Waals surface area contributed by atoms with E-state index in [4.69, 9.17) is 16.3 Å². The van der Waals surface area contributed by atoms with Crippen LogP contribution in [-0.4, -0.2) is 12.0 Å². The van der Waals surface area contributed by atoms with E-state index < -0.39 is 6.10 Å². The van der Waals surface area contributed by atoms with Crippen LogP contribution < -0.4 is 10.1 Å². The quantitative estimate of drug-likeness (QED) is 0.711. The number of ether oxygens (including phenoxy) is 1. The van der Waals surface area contributed by atoms with Crippen molar-refractivity contribution < 1.29 is 9.53 Å². The summed E-state index contributed by atoms with van der Waals surface area (Å²) in [5, 5.41) is 3.35. The van der Waals surface area contributed by atoms with Gasteiger partial charge in [-0.15, -0.1) is 0 Å².